The first-order valence-electron chi connectivity index (χ1n) is 9.16. The number of benzene rings is 3. The number of ether oxygens (including phenoxy) is 1. The van der Waals surface area contributed by atoms with Crippen molar-refractivity contribution < 1.29 is 19.1 Å². The van der Waals surface area contributed by atoms with E-state index in [-0.39, 0.29) is 23.4 Å². The lowest BCUT2D eigenvalue weighted by atomic mass is 10.0. The molecular formula is C23H21N3O4. The molecule has 0 saturated carbocycles. The maximum absolute atomic E-state index is 12.2. The molecule has 3 aromatic carbocycles. The average molecular weight is 403 g/mol. The van der Waals surface area contributed by atoms with Crippen molar-refractivity contribution in [2.24, 2.45) is 11.5 Å². The summed E-state index contributed by atoms with van der Waals surface area (Å²) in [6, 6.07) is 19.5. The number of nitrogens with two attached hydrogens (primary N) is 2. The highest BCUT2D eigenvalue weighted by molar-refractivity contribution is 6.01. The highest BCUT2D eigenvalue weighted by Gasteiger charge is 2.11. The van der Waals surface area contributed by atoms with Crippen molar-refractivity contribution in [1.29, 1.82) is 0 Å². The van der Waals surface area contributed by atoms with Crippen molar-refractivity contribution in [3.05, 3.63) is 83.4 Å². The number of rotatable bonds is 7. The van der Waals surface area contributed by atoms with Crippen LogP contribution in [0, 0.1) is 6.92 Å². The molecule has 0 aromatic heterocycles. The van der Waals surface area contributed by atoms with Crippen LogP contribution in [0.15, 0.2) is 66.7 Å². The third-order valence-corrected chi connectivity index (χ3v) is 4.39. The van der Waals surface area contributed by atoms with Gasteiger partial charge >= 0.3 is 0 Å². The van der Waals surface area contributed by atoms with E-state index in [1.54, 1.807) is 12.1 Å². The number of primary amides is 2. The fraction of sp³-hybridized carbons (Fsp3) is 0.0870. The smallest absolute Gasteiger partial charge is 0.262 e. The van der Waals surface area contributed by atoms with Gasteiger partial charge in [0, 0.05) is 16.8 Å². The number of hydrogen-bond donors (Lipinski definition) is 3. The summed E-state index contributed by atoms with van der Waals surface area (Å²) < 4.78 is 5.51. The highest BCUT2D eigenvalue weighted by Crippen LogP contribution is 2.23. The van der Waals surface area contributed by atoms with Gasteiger partial charge in [0.1, 0.15) is 5.75 Å². The number of hydrogen-bond acceptors (Lipinski definition) is 4. The third-order valence-electron chi connectivity index (χ3n) is 4.39. The normalized spacial score (nSPS) is 10.3. The van der Waals surface area contributed by atoms with Gasteiger partial charge in [-0.3, -0.25) is 14.4 Å². The summed E-state index contributed by atoms with van der Waals surface area (Å²) in [6.45, 7) is 1.78. The van der Waals surface area contributed by atoms with Crippen molar-refractivity contribution in [3.8, 4) is 16.9 Å². The van der Waals surface area contributed by atoms with Gasteiger partial charge in [0.25, 0.3) is 5.91 Å². The van der Waals surface area contributed by atoms with Crippen molar-refractivity contribution >= 4 is 23.4 Å². The molecule has 152 valence electrons. The molecule has 0 aliphatic carbocycles. The van der Waals surface area contributed by atoms with Crippen LogP contribution in [-0.2, 0) is 4.79 Å². The summed E-state index contributed by atoms with van der Waals surface area (Å²) in [6.07, 6.45) is 0. The minimum Gasteiger partial charge on any atom is -0.484 e. The Kier molecular flexibility index (Phi) is 6.12. The van der Waals surface area contributed by atoms with Gasteiger partial charge in [-0.25, -0.2) is 0 Å². The van der Waals surface area contributed by atoms with Crippen LogP contribution in [0.3, 0.4) is 0 Å². The zero-order valence-electron chi connectivity index (χ0n) is 16.3. The van der Waals surface area contributed by atoms with Crippen LogP contribution < -0.4 is 21.5 Å². The predicted octanol–water partition coefficient (Wildman–Crippen LogP) is 2.88. The van der Waals surface area contributed by atoms with Crippen LogP contribution in [0.4, 0.5) is 5.69 Å². The number of aryl methyl sites for hydroxylation is 1. The van der Waals surface area contributed by atoms with E-state index in [1.165, 1.54) is 23.8 Å². The molecule has 0 spiro atoms. The minimum absolute atomic E-state index is 0.0641. The summed E-state index contributed by atoms with van der Waals surface area (Å²) in [7, 11) is 0. The molecule has 0 aliphatic rings. The Balaban J connectivity index is 1.62. The lowest BCUT2D eigenvalue weighted by molar-refractivity contribution is -0.118. The Morgan fingerprint density at radius 3 is 1.80 bits per heavy atom. The second-order valence-electron chi connectivity index (χ2n) is 6.75. The Morgan fingerprint density at radius 2 is 1.30 bits per heavy atom. The molecular weight excluding hydrogens is 382 g/mol. The van der Waals surface area contributed by atoms with Crippen molar-refractivity contribution in [3.63, 3.8) is 0 Å². The standard InChI is InChI=1S/C23H21N3O4/c1-14-2-4-15(5-3-14)16-6-8-20(9-7-16)30-13-21(27)26-19-11-17(22(24)28)10-18(12-19)23(25)29/h2-12H,13H2,1H3,(H2,24,28)(H2,25,29)(H,26,27). The van der Waals surface area contributed by atoms with E-state index in [2.05, 4.69) is 5.32 Å². The van der Waals surface area contributed by atoms with Crippen LogP contribution in [-0.4, -0.2) is 24.3 Å². The average Bonchev–Trinajstić information content (AvgIpc) is 2.73. The largest absolute Gasteiger partial charge is 0.484 e. The van der Waals surface area contributed by atoms with Crippen molar-refractivity contribution in [2.75, 3.05) is 11.9 Å². The molecule has 3 amide bonds. The Bertz CT molecular complexity index is 1060. The molecule has 0 unspecified atom stereocenters. The summed E-state index contributed by atoms with van der Waals surface area (Å²) in [5, 5.41) is 2.57. The number of nitrogens with one attached hydrogen (secondary N) is 1. The van der Waals surface area contributed by atoms with Gasteiger partial charge in [-0.15, -0.1) is 0 Å². The number of carbonyl (C=O) groups excluding carboxylic acids is 3. The molecule has 0 heterocycles. The molecule has 0 aliphatic heterocycles. The Labute approximate surface area is 173 Å². The zero-order valence-corrected chi connectivity index (χ0v) is 16.3. The fourth-order valence-corrected chi connectivity index (χ4v) is 2.82. The van der Waals surface area contributed by atoms with Gasteiger partial charge in [0.05, 0.1) is 0 Å². The van der Waals surface area contributed by atoms with E-state index >= 15 is 0 Å². The quantitative estimate of drug-likeness (QED) is 0.561. The van der Waals surface area contributed by atoms with Crippen LogP contribution in [0.1, 0.15) is 26.3 Å². The van der Waals surface area contributed by atoms with Gasteiger partial charge < -0.3 is 21.5 Å². The van der Waals surface area contributed by atoms with Gasteiger partial charge in [-0.05, 0) is 48.4 Å². The first-order chi connectivity index (χ1) is 14.3. The van der Waals surface area contributed by atoms with E-state index in [9.17, 15) is 14.4 Å². The van der Waals surface area contributed by atoms with Gasteiger partial charge in [-0.1, -0.05) is 42.0 Å². The monoisotopic (exact) mass is 403 g/mol. The van der Waals surface area contributed by atoms with E-state index in [4.69, 9.17) is 16.2 Å². The maximum Gasteiger partial charge on any atom is 0.262 e. The lowest BCUT2D eigenvalue weighted by Crippen LogP contribution is -2.22. The molecule has 30 heavy (non-hydrogen) atoms. The van der Waals surface area contributed by atoms with Gasteiger partial charge in [0.15, 0.2) is 6.61 Å². The Hall–Kier alpha value is -4.13. The summed E-state index contributed by atoms with van der Waals surface area (Å²) in [5.41, 5.74) is 14.2. The molecule has 0 atom stereocenters. The molecule has 7 heteroatoms. The first kappa shape index (κ1) is 20.6. The van der Waals surface area contributed by atoms with E-state index in [1.807, 2.05) is 43.3 Å². The van der Waals surface area contributed by atoms with E-state index in [0.29, 0.717) is 5.75 Å². The lowest BCUT2D eigenvalue weighted by Gasteiger charge is -2.10. The molecule has 5 N–H and O–H groups in total. The summed E-state index contributed by atoms with van der Waals surface area (Å²) >= 11 is 0. The molecule has 0 saturated heterocycles. The van der Waals surface area contributed by atoms with Crippen molar-refractivity contribution in [1.82, 2.24) is 0 Å². The third kappa shape index (κ3) is 5.23. The zero-order chi connectivity index (χ0) is 21.7. The summed E-state index contributed by atoms with van der Waals surface area (Å²) in [5.74, 6) is -1.41. The predicted molar refractivity (Wildman–Crippen MR) is 114 cm³/mol. The minimum atomic E-state index is -0.737. The first-order valence-corrected chi connectivity index (χ1v) is 9.16. The summed E-state index contributed by atoms with van der Waals surface area (Å²) in [4.78, 5) is 35.0. The molecule has 0 radical (unpaired) electrons. The molecule has 7 nitrogen and oxygen atoms in total. The van der Waals surface area contributed by atoms with Crippen LogP contribution in [0.2, 0.25) is 0 Å². The Morgan fingerprint density at radius 1 is 0.800 bits per heavy atom. The molecule has 3 rings (SSSR count). The van der Waals surface area contributed by atoms with Crippen molar-refractivity contribution in [2.45, 2.75) is 6.92 Å². The topological polar surface area (TPSA) is 125 Å². The van der Waals surface area contributed by atoms with Crippen LogP contribution >= 0.6 is 0 Å². The molecule has 3 aromatic rings. The maximum atomic E-state index is 12.2. The fourth-order valence-electron chi connectivity index (χ4n) is 2.82. The van der Waals surface area contributed by atoms with E-state index in [0.717, 1.165) is 11.1 Å². The SMILES string of the molecule is Cc1ccc(-c2ccc(OCC(=O)Nc3cc(C(N)=O)cc(C(N)=O)c3)cc2)cc1. The number of amides is 3. The van der Waals surface area contributed by atoms with E-state index < -0.39 is 17.7 Å². The van der Waals surface area contributed by atoms with Crippen LogP contribution in [0.5, 0.6) is 5.75 Å². The molecule has 0 bridgehead atoms. The number of anilines is 1. The second kappa shape index (κ2) is 8.91. The van der Waals surface area contributed by atoms with Gasteiger partial charge in [-0.2, -0.15) is 0 Å². The van der Waals surface area contributed by atoms with Crippen LogP contribution in [0.25, 0.3) is 11.1 Å². The highest BCUT2D eigenvalue weighted by atomic mass is 16.5. The van der Waals surface area contributed by atoms with Gasteiger partial charge in [0.2, 0.25) is 11.8 Å². The molecule has 0 fully saturated rings. The number of carbonyl (C=O) groups is 3. The second-order valence-corrected chi connectivity index (χ2v) is 6.75.